The first-order valence-corrected chi connectivity index (χ1v) is 9.62. The molecule has 0 fully saturated rings. The van der Waals surface area contributed by atoms with Gasteiger partial charge in [0.05, 0.1) is 10.2 Å². The molecule has 27 heavy (non-hydrogen) atoms. The van der Waals surface area contributed by atoms with Crippen LogP contribution in [-0.4, -0.2) is 25.7 Å². The zero-order valence-electron chi connectivity index (χ0n) is 14.8. The second kappa shape index (κ2) is 7.05. The van der Waals surface area contributed by atoms with Crippen LogP contribution in [-0.2, 0) is 11.3 Å². The van der Waals surface area contributed by atoms with E-state index >= 15 is 0 Å². The summed E-state index contributed by atoms with van der Waals surface area (Å²) >= 11 is 6.77. The predicted octanol–water partition coefficient (Wildman–Crippen LogP) is 4.47. The average Bonchev–Trinajstić information content (AvgIpc) is 3.20. The number of aryl methyl sites for hydroxylation is 2. The maximum Gasteiger partial charge on any atom is 0.246 e. The number of hydrogen-bond acceptors (Lipinski definition) is 5. The van der Waals surface area contributed by atoms with Gasteiger partial charge in [-0.05, 0) is 43.8 Å². The minimum atomic E-state index is -0.196. The van der Waals surface area contributed by atoms with Gasteiger partial charge in [0.2, 0.25) is 5.91 Å². The van der Waals surface area contributed by atoms with Crippen molar-refractivity contribution in [3.63, 3.8) is 0 Å². The number of nitrogens with zero attached hydrogens (tertiary/aromatic N) is 3. The number of anilines is 1. The predicted molar refractivity (Wildman–Crippen MR) is 111 cm³/mol. The third-order valence-corrected chi connectivity index (χ3v) is 5.45. The molecule has 0 aliphatic heterocycles. The van der Waals surface area contributed by atoms with Crippen LogP contribution in [0.2, 0.25) is 0 Å². The van der Waals surface area contributed by atoms with E-state index in [1.54, 1.807) is 4.57 Å². The number of fused-ring (bicyclic) bond motifs is 1. The van der Waals surface area contributed by atoms with Crippen LogP contribution in [0, 0.1) is 18.6 Å². The summed E-state index contributed by atoms with van der Waals surface area (Å²) in [4.78, 5) is 17.1. The van der Waals surface area contributed by atoms with E-state index in [0.29, 0.717) is 15.7 Å². The standard InChI is InChI=1S/C19H17N5OS2/c1-11-5-3-7-13(9-11)17-22-23-19(26)24(17)10-15(25)20-18-21-16-12(2)6-4-8-14(16)27-18/h3-9H,10H2,1-2H3,(H,23,26)(H,20,21,25). The van der Waals surface area contributed by atoms with Crippen LogP contribution >= 0.6 is 23.6 Å². The molecule has 0 unspecified atom stereocenters. The zero-order chi connectivity index (χ0) is 19.0. The first-order chi connectivity index (χ1) is 13.0. The van der Waals surface area contributed by atoms with Gasteiger partial charge in [0, 0.05) is 5.56 Å². The molecule has 0 saturated heterocycles. The number of nitrogens with one attached hydrogen (secondary N) is 2. The molecule has 6 nitrogen and oxygen atoms in total. The summed E-state index contributed by atoms with van der Waals surface area (Å²) in [6.07, 6.45) is 0. The van der Waals surface area contributed by atoms with Crippen LogP contribution in [0.5, 0.6) is 0 Å². The molecule has 8 heteroatoms. The molecule has 4 rings (SSSR count). The Morgan fingerprint density at radius 2 is 2.07 bits per heavy atom. The van der Waals surface area contributed by atoms with E-state index in [2.05, 4.69) is 20.5 Å². The summed E-state index contributed by atoms with van der Waals surface area (Å²) in [6.45, 7) is 4.08. The monoisotopic (exact) mass is 395 g/mol. The number of rotatable bonds is 4. The highest BCUT2D eigenvalue weighted by atomic mass is 32.1. The maximum absolute atomic E-state index is 12.6. The molecule has 1 amide bonds. The number of para-hydroxylation sites is 1. The number of thiazole rings is 1. The Balaban J connectivity index is 1.59. The van der Waals surface area contributed by atoms with Crippen LogP contribution in [0.4, 0.5) is 5.13 Å². The molecule has 4 aromatic rings. The van der Waals surface area contributed by atoms with Gasteiger partial charge in [-0.25, -0.2) is 4.98 Å². The molecule has 136 valence electrons. The normalized spacial score (nSPS) is 11.0. The summed E-state index contributed by atoms with van der Waals surface area (Å²) < 4.78 is 3.14. The molecule has 0 saturated carbocycles. The van der Waals surface area contributed by atoms with Crippen molar-refractivity contribution in [2.45, 2.75) is 20.4 Å². The summed E-state index contributed by atoms with van der Waals surface area (Å²) in [5.41, 5.74) is 4.02. The summed E-state index contributed by atoms with van der Waals surface area (Å²) in [7, 11) is 0. The molecule has 0 aliphatic carbocycles. The van der Waals surface area contributed by atoms with Gasteiger partial charge < -0.3 is 5.32 Å². The van der Waals surface area contributed by atoms with Crippen LogP contribution in [0.15, 0.2) is 42.5 Å². The lowest BCUT2D eigenvalue weighted by Gasteiger charge is -2.07. The SMILES string of the molecule is Cc1cccc(-c2n[nH]c(=S)n2CC(=O)Nc2nc3c(C)cccc3s2)c1. The Hall–Kier alpha value is -2.84. The second-order valence-corrected chi connectivity index (χ2v) is 7.71. The maximum atomic E-state index is 12.6. The van der Waals surface area contributed by atoms with Crippen LogP contribution in [0.1, 0.15) is 11.1 Å². The first kappa shape index (κ1) is 17.6. The number of hydrogen-bond donors (Lipinski definition) is 2. The fourth-order valence-electron chi connectivity index (χ4n) is 2.91. The highest BCUT2D eigenvalue weighted by Crippen LogP contribution is 2.28. The number of carbonyl (C=O) groups excluding carboxylic acids is 1. The van der Waals surface area contributed by atoms with Gasteiger partial charge in [-0.15, -0.1) is 0 Å². The Morgan fingerprint density at radius 1 is 1.26 bits per heavy atom. The Morgan fingerprint density at radius 3 is 2.85 bits per heavy atom. The third-order valence-electron chi connectivity index (χ3n) is 4.20. The molecule has 2 N–H and O–H groups in total. The fourth-order valence-corrected chi connectivity index (χ4v) is 4.07. The van der Waals surface area contributed by atoms with E-state index in [0.717, 1.165) is 26.9 Å². The molecule has 0 bridgehead atoms. The van der Waals surface area contributed by atoms with Crippen molar-refractivity contribution >= 4 is 44.8 Å². The number of aromatic nitrogens is 4. The highest BCUT2D eigenvalue weighted by Gasteiger charge is 2.14. The van der Waals surface area contributed by atoms with Gasteiger partial charge in [0.25, 0.3) is 0 Å². The topological polar surface area (TPSA) is 75.6 Å². The van der Waals surface area contributed by atoms with Crippen molar-refractivity contribution in [3.8, 4) is 11.4 Å². The lowest BCUT2D eigenvalue weighted by Crippen LogP contribution is -2.19. The van der Waals surface area contributed by atoms with Gasteiger partial charge >= 0.3 is 0 Å². The number of benzene rings is 2. The first-order valence-electron chi connectivity index (χ1n) is 8.39. The Bertz CT molecular complexity index is 1200. The Labute approximate surface area is 164 Å². The van der Waals surface area contributed by atoms with Gasteiger partial charge in [-0.1, -0.05) is 47.2 Å². The van der Waals surface area contributed by atoms with E-state index in [-0.39, 0.29) is 12.5 Å². The molecule has 2 heterocycles. The molecule has 2 aromatic carbocycles. The van der Waals surface area contributed by atoms with E-state index in [4.69, 9.17) is 12.2 Å². The van der Waals surface area contributed by atoms with Gasteiger partial charge in [-0.2, -0.15) is 5.10 Å². The van der Waals surface area contributed by atoms with Gasteiger partial charge in [0.1, 0.15) is 6.54 Å². The number of H-pyrrole nitrogens is 1. The quantitative estimate of drug-likeness (QED) is 0.500. The molecule has 0 radical (unpaired) electrons. The Kier molecular flexibility index (Phi) is 4.59. The number of aromatic amines is 1. The molecule has 0 spiro atoms. The summed E-state index contributed by atoms with van der Waals surface area (Å²) in [5, 5.41) is 10.5. The van der Waals surface area contributed by atoms with Crippen molar-refractivity contribution in [2.24, 2.45) is 0 Å². The largest absolute Gasteiger partial charge is 0.300 e. The van der Waals surface area contributed by atoms with Crippen LogP contribution in [0.25, 0.3) is 21.6 Å². The third kappa shape index (κ3) is 3.54. The van der Waals surface area contributed by atoms with Crippen molar-refractivity contribution < 1.29 is 4.79 Å². The zero-order valence-corrected chi connectivity index (χ0v) is 16.4. The number of amides is 1. The smallest absolute Gasteiger partial charge is 0.246 e. The van der Waals surface area contributed by atoms with Crippen molar-refractivity contribution in [1.82, 2.24) is 19.7 Å². The minimum Gasteiger partial charge on any atom is -0.300 e. The van der Waals surface area contributed by atoms with Crippen LogP contribution in [0.3, 0.4) is 0 Å². The molecule has 2 aromatic heterocycles. The molecular weight excluding hydrogens is 378 g/mol. The lowest BCUT2D eigenvalue weighted by atomic mass is 10.1. The van der Waals surface area contributed by atoms with E-state index < -0.39 is 0 Å². The highest BCUT2D eigenvalue weighted by molar-refractivity contribution is 7.71. The minimum absolute atomic E-state index is 0.0630. The van der Waals surface area contributed by atoms with Crippen LogP contribution < -0.4 is 5.32 Å². The van der Waals surface area contributed by atoms with Crippen molar-refractivity contribution in [2.75, 3.05) is 5.32 Å². The fraction of sp³-hybridized carbons (Fsp3) is 0.158. The van der Waals surface area contributed by atoms with Gasteiger partial charge in [0.15, 0.2) is 15.7 Å². The van der Waals surface area contributed by atoms with E-state index in [9.17, 15) is 4.79 Å². The lowest BCUT2D eigenvalue weighted by molar-refractivity contribution is -0.116. The van der Waals surface area contributed by atoms with E-state index in [1.165, 1.54) is 11.3 Å². The molecular formula is C19H17N5OS2. The average molecular weight is 396 g/mol. The molecule has 0 aliphatic rings. The molecule has 0 atom stereocenters. The van der Waals surface area contributed by atoms with Gasteiger partial charge in [-0.3, -0.25) is 14.5 Å². The number of carbonyl (C=O) groups is 1. The van der Waals surface area contributed by atoms with Crippen molar-refractivity contribution in [1.29, 1.82) is 0 Å². The van der Waals surface area contributed by atoms with Crippen molar-refractivity contribution in [3.05, 3.63) is 58.4 Å². The second-order valence-electron chi connectivity index (χ2n) is 6.30. The van der Waals surface area contributed by atoms with E-state index in [1.807, 2.05) is 56.3 Å². The summed E-state index contributed by atoms with van der Waals surface area (Å²) in [5.74, 6) is 0.442. The summed E-state index contributed by atoms with van der Waals surface area (Å²) in [6, 6.07) is 13.9.